The van der Waals surface area contributed by atoms with Gasteiger partial charge in [-0.1, -0.05) is 32.0 Å². The van der Waals surface area contributed by atoms with Gasteiger partial charge in [-0.15, -0.1) is 0 Å². The third kappa shape index (κ3) is 2.49. The predicted molar refractivity (Wildman–Crippen MR) is 65.5 cm³/mol. The van der Waals surface area contributed by atoms with Crippen LogP contribution in [0.5, 0.6) is 0 Å². The molecule has 0 aliphatic carbocycles. The summed E-state index contributed by atoms with van der Waals surface area (Å²) in [5.41, 5.74) is 2.47. The summed E-state index contributed by atoms with van der Waals surface area (Å²) >= 11 is 0. The van der Waals surface area contributed by atoms with Crippen LogP contribution in [0.15, 0.2) is 43.0 Å². The molecule has 1 aromatic heterocycles. The molecule has 2 aromatic rings. The lowest BCUT2D eigenvalue weighted by atomic mass is 10.1. The Kier molecular flexibility index (Phi) is 3.37. The molecule has 84 valence electrons. The maximum absolute atomic E-state index is 4.08. The Bertz CT molecular complexity index is 432. The zero-order chi connectivity index (χ0) is 11.4. The van der Waals surface area contributed by atoms with E-state index in [0.29, 0.717) is 6.04 Å². The minimum absolute atomic E-state index is 0.496. The summed E-state index contributed by atoms with van der Waals surface area (Å²) in [7, 11) is 0. The van der Waals surface area contributed by atoms with Gasteiger partial charge in [-0.2, -0.15) is 0 Å². The van der Waals surface area contributed by atoms with E-state index in [1.807, 2.05) is 23.2 Å². The molecule has 0 fully saturated rings. The Hall–Kier alpha value is -1.61. The van der Waals surface area contributed by atoms with Gasteiger partial charge < -0.3 is 9.88 Å². The number of nitrogens with zero attached hydrogens (tertiary/aromatic N) is 2. The van der Waals surface area contributed by atoms with E-state index in [2.05, 4.69) is 42.3 Å². The lowest BCUT2D eigenvalue weighted by molar-refractivity contribution is 0.587. The van der Waals surface area contributed by atoms with Crippen molar-refractivity contribution >= 4 is 0 Å². The first-order chi connectivity index (χ1) is 7.77. The highest BCUT2D eigenvalue weighted by molar-refractivity contribution is 5.40. The van der Waals surface area contributed by atoms with Gasteiger partial charge >= 0.3 is 0 Å². The third-order valence-corrected chi connectivity index (χ3v) is 2.47. The van der Waals surface area contributed by atoms with Crippen LogP contribution in [0.4, 0.5) is 0 Å². The fourth-order valence-corrected chi connectivity index (χ4v) is 1.63. The summed E-state index contributed by atoms with van der Waals surface area (Å²) in [4.78, 5) is 4.08. The van der Waals surface area contributed by atoms with Crippen molar-refractivity contribution in [1.29, 1.82) is 0 Å². The Balaban J connectivity index is 2.24. The molecule has 0 saturated heterocycles. The van der Waals surface area contributed by atoms with Gasteiger partial charge in [-0.05, 0) is 11.6 Å². The maximum Gasteiger partial charge on any atom is 0.0991 e. The van der Waals surface area contributed by atoms with Crippen molar-refractivity contribution in [3.05, 3.63) is 48.5 Å². The molecule has 0 unspecified atom stereocenters. The maximum atomic E-state index is 4.08. The molecule has 3 nitrogen and oxygen atoms in total. The number of imidazole rings is 1. The van der Waals surface area contributed by atoms with Gasteiger partial charge in [0.2, 0.25) is 0 Å². The minimum atomic E-state index is 0.496. The van der Waals surface area contributed by atoms with E-state index in [1.54, 1.807) is 6.20 Å². The van der Waals surface area contributed by atoms with Gasteiger partial charge in [0.25, 0.3) is 0 Å². The molecule has 3 heteroatoms. The van der Waals surface area contributed by atoms with Crippen LogP contribution in [0.1, 0.15) is 19.4 Å². The van der Waals surface area contributed by atoms with Crippen LogP contribution >= 0.6 is 0 Å². The third-order valence-electron chi connectivity index (χ3n) is 2.47. The number of para-hydroxylation sites is 1. The van der Waals surface area contributed by atoms with Crippen molar-refractivity contribution in [2.45, 2.75) is 26.4 Å². The van der Waals surface area contributed by atoms with Gasteiger partial charge in [-0.3, -0.25) is 0 Å². The largest absolute Gasteiger partial charge is 0.310 e. The standard InChI is InChI=1S/C13H17N3/c1-11(2)15-9-12-5-3-4-6-13(12)16-8-7-14-10-16/h3-8,10-11,15H,9H2,1-2H3. The average Bonchev–Trinajstić information content (AvgIpc) is 2.80. The highest BCUT2D eigenvalue weighted by atomic mass is 15.0. The number of hydrogen-bond donors (Lipinski definition) is 1. The molecule has 1 N–H and O–H groups in total. The second kappa shape index (κ2) is 4.94. The van der Waals surface area contributed by atoms with Crippen LogP contribution in [-0.4, -0.2) is 15.6 Å². The molecule has 0 bridgehead atoms. The van der Waals surface area contributed by atoms with Gasteiger partial charge in [-0.25, -0.2) is 4.98 Å². The molecule has 0 saturated carbocycles. The van der Waals surface area contributed by atoms with E-state index in [0.717, 1.165) is 6.54 Å². The molecule has 0 aliphatic rings. The first-order valence-corrected chi connectivity index (χ1v) is 5.57. The van der Waals surface area contributed by atoms with Gasteiger partial charge in [0.1, 0.15) is 0 Å². The Labute approximate surface area is 96.1 Å². The second-order valence-electron chi connectivity index (χ2n) is 4.13. The number of rotatable bonds is 4. The van der Waals surface area contributed by atoms with Crippen LogP contribution in [0.3, 0.4) is 0 Å². The van der Waals surface area contributed by atoms with E-state index in [1.165, 1.54) is 11.3 Å². The quantitative estimate of drug-likeness (QED) is 0.848. The molecule has 0 atom stereocenters. The molecule has 0 aliphatic heterocycles. The molecule has 2 rings (SSSR count). The Morgan fingerprint density at radius 1 is 1.31 bits per heavy atom. The molecule has 1 aromatic carbocycles. The fraction of sp³-hybridized carbons (Fsp3) is 0.308. The highest BCUT2D eigenvalue weighted by Crippen LogP contribution is 2.13. The van der Waals surface area contributed by atoms with Gasteiger partial charge in [0.05, 0.1) is 12.0 Å². The summed E-state index contributed by atoms with van der Waals surface area (Å²) in [5, 5.41) is 3.43. The fourth-order valence-electron chi connectivity index (χ4n) is 1.63. The zero-order valence-corrected chi connectivity index (χ0v) is 9.72. The first-order valence-electron chi connectivity index (χ1n) is 5.57. The van der Waals surface area contributed by atoms with Gasteiger partial charge in [0, 0.05) is 25.0 Å². The van der Waals surface area contributed by atoms with E-state index in [-0.39, 0.29) is 0 Å². The average molecular weight is 215 g/mol. The van der Waals surface area contributed by atoms with E-state index in [4.69, 9.17) is 0 Å². The summed E-state index contributed by atoms with van der Waals surface area (Å²) in [6.07, 6.45) is 5.59. The van der Waals surface area contributed by atoms with Crippen molar-refractivity contribution < 1.29 is 0 Å². The summed E-state index contributed by atoms with van der Waals surface area (Å²) in [6, 6.07) is 8.87. The number of nitrogens with one attached hydrogen (secondary N) is 1. The highest BCUT2D eigenvalue weighted by Gasteiger charge is 2.03. The summed E-state index contributed by atoms with van der Waals surface area (Å²) < 4.78 is 2.04. The molecule has 16 heavy (non-hydrogen) atoms. The van der Waals surface area contributed by atoms with E-state index >= 15 is 0 Å². The van der Waals surface area contributed by atoms with Crippen LogP contribution < -0.4 is 5.32 Å². The number of hydrogen-bond acceptors (Lipinski definition) is 2. The predicted octanol–water partition coefficient (Wildman–Crippen LogP) is 2.37. The molecule has 0 radical (unpaired) electrons. The molecule has 1 heterocycles. The van der Waals surface area contributed by atoms with Gasteiger partial charge in [0.15, 0.2) is 0 Å². The molecule has 0 spiro atoms. The zero-order valence-electron chi connectivity index (χ0n) is 9.72. The van der Waals surface area contributed by atoms with Crippen LogP contribution in [0.2, 0.25) is 0 Å². The number of aromatic nitrogens is 2. The van der Waals surface area contributed by atoms with Crippen molar-refractivity contribution in [2.24, 2.45) is 0 Å². The van der Waals surface area contributed by atoms with E-state index < -0.39 is 0 Å². The summed E-state index contributed by atoms with van der Waals surface area (Å²) in [5.74, 6) is 0. The van der Waals surface area contributed by atoms with Crippen LogP contribution in [0.25, 0.3) is 5.69 Å². The molecular weight excluding hydrogens is 198 g/mol. The topological polar surface area (TPSA) is 29.9 Å². The SMILES string of the molecule is CC(C)NCc1ccccc1-n1ccnc1. The number of benzene rings is 1. The smallest absolute Gasteiger partial charge is 0.0991 e. The lowest BCUT2D eigenvalue weighted by Gasteiger charge is -2.12. The minimum Gasteiger partial charge on any atom is -0.310 e. The molecule has 0 amide bonds. The summed E-state index contributed by atoms with van der Waals surface area (Å²) in [6.45, 7) is 5.19. The monoisotopic (exact) mass is 215 g/mol. The lowest BCUT2D eigenvalue weighted by Crippen LogP contribution is -2.22. The normalized spacial score (nSPS) is 10.9. The van der Waals surface area contributed by atoms with Crippen molar-refractivity contribution in [3.8, 4) is 5.69 Å². The Morgan fingerprint density at radius 2 is 2.12 bits per heavy atom. The molecular formula is C13H17N3. The van der Waals surface area contributed by atoms with Crippen LogP contribution in [0, 0.1) is 0 Å². The van der Waals surface area contributed by atoms with Crippen molar-refractivity contribution in [2.75, 3.05) is 0 Å². The Morgan fingerprint density at radius 3 is 2.81 bits per heavy atom. The van der Waals surface area contributed by atoms with Crippen molar-refractivity contribution in [3.63, 3.8) is 0 Å². The van der Waals surface area contributed by atoms with E-state index in [9.17, 15) is 0 Å². The van der Waals surface area contributed by atoms with Crippen LogP contribution in [-0.2, 0) is 6.54 Å². The van der Waals surface area contributed by atoms with Crippen molar-refractivity contribution in [1.82, 2.24) is 14.9 Å². The second-order valence-corrected chi connectivity index (χ2v) is 4.13. The first kappa shape index (κ1) is 10.9.